The summed E-state index contributed by atoms with van der Waals surface area (Å²) in [6.45, 7) is 1.77. The standard InChI is InChI=1S/C12H21N5O2/c1-17-6-3-4-9(17)5-7-19-12-10(18-2)11(16-13)14-8-15-12/h8-9H,3-7,13H2,1-2H3,(H,14,15,16). The second-order valence-electron chi connectivity index (χ2n) is 4.62. The number of nitrogens with zero attached hydrogens (tertiary/aromatic N) is 3. The molecule has 2 rings (SSSR count). The second-order valence-corrected chi connectivity index (χ2v) is 4.62. The highest BCUT2D eigenvalue weighted by molar-refractivity contribution is 5.54. The highest BCUT2D eigenvalue weighted by Gasteiger charge is 2.21. The summed E-state index contributed by atoms with van der Waals surface area (Å²) in [7, 11) is 3.69. The van der Waals surface area contributed by atoms with Crippen molar-refractivity contribution in [2.24, 2.45) is 5.84 Å². The van der Waals surface area contributed by atoms with Crippen LogP contribution < -0.4 is 20.7 Å². The Balaban J connectivity index is 1.92. The molecule has 0 bridgehead atoms. The van der Waals surface area contributed by atoms with Gasteiger partial charge in [-0.2, -0.15) is 4.98 Å². The summed E-state index contributed by atoms with van der Waals surface area (Å²) >= 11 is 0. The van der Waals surface area contributed by atoms with Crippen molar-refractivity contribution in [3.63, 3.8) is 0 Å². The number of nitrogens with one attached hydrogen (secondary N) is 1. The van der Waals surface area contributed by atoms with E-state index in [1.165, 1.54) is 32.8 Å². The third-order valence-corrected chi connectivity index (χ3v) is 3.47. The fraction of sp³-hybridized carbons (Fsp3) is 0.667. The van der Waals surface area contributed by atoms with E-state index in [1.54, 1.807) is 0 Å². The maximum absolute atomic E-state index is 5.68. The van der Waals surface area contributed by atoms with Crippen molar-refractivity contribution in [1.29, 1.82) is 0 Å². The van der Waals surface area contributed by atoms with Gasteiger partial charge in [0.05, 0.1) is 13.7 Å². The molecule has 1 aliphatic heterocycles. The van der Waals surface area contributed by atoms with Gasteiger partial charge in [-0.15, -0.1) is 0 Å². The molecule has 0 aliphatic carbocycles. The van der Waals surface area contributed by atoms with Crippen LogP contribution in [-0.2, 0) is 0 Å². The molecule has 1 aromatic rings. The van der Waals surface area contributed by atoms with Crippen molar-refractivity contribution in [2.75, 3.05) is 32.7 Å². The molecule has 1 aliphatic rings. The van der Waals surface area contributed by atoms with E-state index in [0.29, 0.717) is 30.1 Å². The number of aromatic nitrogens is 2. The Kier molecular flexibility index (Phi) is 4.75. The minimum atomic E-state index is 0.422. The molecular weight excluding hydrogens is 246 g/mol. The topological polar surface area (TPSA) is 85.5 Å². The molecule has 3 N–H and O–H groups in total. The summed E-state index contributed by atoms with van der Waals surface area (Å²) in [6, 6.07) is 0.597. The summed E-state index contributed by atoms with van der Waals surface area (Å²) < 4.78 is 10.9. The fourth-order valence-corrected chi connectivity index (χ4v) is 2.38. The first-order valence-corrected chi connectivity index (χ1v) is 6.45. The van der Waals surface area contributed by atoms with E-state index in [9.17, 15) is 0 Å². The lowest BCUT2D eigenvalue weighted by atomic mass is 10.1. The molecule has 1 saturated heterocycles. The lowest BCUT2D eigenvalue weighted by Gasteiger charge is -2.19. The van der Waals surface area contributed by atoms with Gasteiger partial charge >= 0.3 is 0 Å². The van der Waals surface area contributed by atoms with Crippen LogP contribution in [0.2, 0.25) is 0 Å². The van der Waals surface area contributed by atoms with Crippen LogP contribution in [0.1, 0.15) is 19.3 Å². The molecule has 1 unspecified atom stereocenters. The maximum Gasteiger partial charge on any atom is 0.262 e. The van der Waals surface area contributed by atoms with E-state index < -0.39 is 0 Å². The molecule has 1 fully saturated rings. The molecule has 0 spiro atoms. The number of rotatable bonds is 6. The smallest absolute Gasteiger partial charge is 0.262 e. The lowest BCUT2D eigenvalue weighted by molar-refractivity contribution is 0.222. The Morgan fingerprint density at radius 1 is 1.53 bits per heavy atom. The Morgan fingerprint density at radius 2 is 2.37 bits per heavy atom. The van der Waals surface area contributed by atoms with Crippen LogP contribution in [0.3, 0.4) is 0 Å². The van der Waals surface area contributed by atoms with Gasteiger partial charge < -0.3 is 19.8 Å². The van der Waals surface area contributed by atoms with E-state index in [2.05, 4.69) is 27.3 Å². The molecule has 1 aromatic heterocycles. The lowest BCUT2D eigenvalue weighted by Crippen LogP contribution is -2.26. The van der Waals surface area contributed by atoms with Crippen LogP contribution in [-0.4, -0.2) is 48.2 Å². The Morgan fingerprint density at radius 3 is 3.00 bits per heavy atom. The van der Waals surface area contributed by atoms with Gasteiger partial charge in [0.2, 0.25) is 5.75 Å². The van der Waals surface area contributed by atoms with Crippen LogP contribution in [0.4, 0.5) is 5.82 Å². The van der Waals surface area contributed by atoms with Crippen molar-refractivity contribution in [1.82, 2.24) is 14.9 Å². The third-order valence-electron chi connectivity index (χ3n) is 3.47. The number of hydrazine groups is 1. The molecule has 0 aromatic carbocycles. The van der Waals surface area contributed by atoms with E-state index in [4.69, 9.17) is 15.3 Å². The SMILES string of the molecule is COc1c(NN)ncnc1OCCC1CCCN1C. The van der Waals surface area contributed by atoms with Crippen molar-refractivity contribution in [3.8, 4) is 11.6 Å². The summed E-state index contributed by atoms with van der Waals surface area (Å²) in [5, 5.41) is 0. The Hall–Kier alpha value is -1.60. The van der Waals surface area contributed by atoms with Gasteiger partial charge in [-0.25, -0.2) is 10.8 Å². The zero-order valence-corrected chi connectivity index (χ0v) is 11.4. The van der Waals surface area contributed by atoms with Crippen molar-refractivity contribution >= 4 is 5.82 Å². The largest absolute Gasteiger partial charge is 0.489 e. The van der Waals surface area contributed by atoms with Gasteiger partial charge in [-0.1, -0.05) is 0 Å². The molecular formula is C12H21N5O2. The summed E-state index contributed by atoms with van der Waals surface area (Å²) in [5.41, 5.74) is 2.46. The number of methoxy groups -OCH3 is 1. The number of nitrogen functional groups attached to an aromatic ring is 1. The number of hydrogen-bond donors (Lipinski definition) is 2. The molecule has 0 saturated carbocycles. The number of nitrogens with two attached hydrogens (primary N) is 1. The second kappa shape index (κ2) is 6.53. The quantitative estimate of drug-likeness (QED) is 0.577. The zero-order valence-electron chi connectivity index (χ0n) is 11.4. The fourth-order valence-electron chi connectivity index (χ4n) is 2.38. The van der Waals surface area contributed by atoms with Crippen molar-refractivity contribution in [3.05, 3.63) is 6.33 Å². The van der Waals surface area contributed by atoms with Crippen molar-refractivity contribution < 1.29 is 9.47 Å². The van der Waals surface area contributed by atoms with Gasteiger partial charge in [0.1, 0.15) is 6.33 Å². The Labute approximate surface area is 113 Å². The van der Waals surface area contributed by atoms with E-state index in [1.807, 2.05) is 0 Å². The minimum Gasteiger partial charge on any atom is -0.489 e. The zero-order chi connectivity index (χ0) is 13.7. The number of likely N-dealkylation sites (tertiary alicyclic amines) is 1. The predicted octanol–water partition coefficient (Wildman–Crippen LogP) is 0.634. The molecule has 19 heavy (non-hydrogen) atoms. The summed E-state index contributed by atoms with van der Waals surface area (Å²) in [4.78, 5) is 10.4. The van der Waals surface area contributed by atoms with Crippen LogP contribution in [0.25, 0.3) is 0 Å². The van der Waals surface area contributed by atoms with Crippen LogP contribution >= 0.6 is 0 Å². The van der Waals surface area contributed by atoms with Crippen molar-refractivity contribution in [2.45, 2.75) is 25.3 Å². The van der Waals surface area contributed by atoms with E-state index >= 15 is 0 Å². The first-order chi connectivity index (χ1) is 9.26. The summed E-state index contributed by atoms with van der Waals surface area (Å²) in [5.74, 6) is 6.64. The van der Waals surface area contributed by atoms with Gasteiger partial charge in [-0.05, 0) is 32.9 Å². The molecule has 7 nitrogen and oxygen atoms in total. The van der Waals surface area contributed by atoms with Crippen LogP contribution in [0, 0.1) is 0 Å². The first-order valence-electron chi connectivity index (χ1n) is 6.45. The number of anilines is 1. The van der Waals surface area contributed by atoms with Gasteiger partial charge in [-0.3, -0.25) is 0 Å². The van der Waals surface area contributed by atoms with E-state index in [-0.39, 0.29) is 0 Å². The minimum absolute atomic E-state index is 0.422. The highest BCUT2D eigenvalue weighted by atomic mass is 16.5. The van der Waals surface area contributed by atoms with Gasteiger partial charge in [0.25, 0.3) is 5.88 Å². The molecule has 1 atom stereocenters. The number of hydrogen-bond acceptors (Lipinski definition) is 7. The average molecular weight is 267 g/mol. The first kappa shape index (κ1) is 13.8. The van der Waals surface area contributed by atoms with Crippen LogP contribution in [0.5, 0.6) is 11.6 Å². The summed E-state index contributed by atoms with van der Waals surface area (Å²) in [6.07, 6.45) is 4.87. The van der Waals surface area contributed by atoms with Gasteiger partial charge in [0, 0.05) is 6.04 Å². The Bertz CT molecular complexity index is 415. The normalized spacial score (nSPS) is 19.4. The third kappa shape index (κ3) is 3.24. The molecule has 0 amide bonds. The van der Waals surface area contributed by atoms with Gasteiger partial charge in [0.15, 0.2) is 5.82 Å². The maximum atomic E-state index is 5.68. The monoisotopic (exact) mass is 267 g/mol. The molecule has 106 valence electrons. The average Bonchev–Trinajstić information content (AvgIpc) is 2.84. The molecule has 2 heterocycles. The van der Waals surface area contributed by atoms with E-state index in [0.717, 1.165) is 6.42 Å². The molecule has 7 heteroatoms. The predicted molar refractivity (Wildman–Crippen MR) is 72.2 cm³/mol. The highest BCUT2D eigenvalue weighted by Crippen LogP contribution is 2.30. The number of ether oxygens (including phenoxy) is 2. The molecule has 0 radical (unpaired) electrons. The van der Waals surface area contributed by atoms with Crippen LogP contribution in [0.15, 0.2) is 6.33 Å².